The quantitative estimate of drug-likeness (QED) is 0.785. The molecular formula is C11H17NO2S3. The molecule has 0 spiro atoms. The van der Waals surface area contributed by atoms with Gasteiger partial charge in [-0.15, -0.1) is 0 Å². The van der Waals surface area contributed by atoms with E-state index in [2.05, 4.69) is 25.3 Å². The Balaban J connectivity index is 3.02. The Morgan fingerprint density at radius 1 is 1.06 bits per heavy atom. The van der Waals surface area contributed by atoms with Crippen molar-refractivity contribution in [3.63, 3.8) is 0 Å². The summed E-state index contributed by atoms with van der Waals surface area (Å²) in [6, 6.07) is 6.86. The molecule has 0 aliphatic carbocycles. The van der Waals surface area contributed by atoms with Gasteiger partial charge >= 0.3 is 0 Å². The predicted molar refractivity (Wildman–Crippen MR) is 77.6 cm³/mol. The highest BCUT2D eigenvalue weighted by Gasteiger charge is 2.22. The summed E-state index contributed by atoms with van der Waals surface area (Å²) in [6.45, 7) is 2.73. The molecule has 0 fully saturated rings. The van der Waals surface area contributed by atoms with E-state index in [-0.39, 0.29) is 0 Å². The smallest absolute Gasteiger partial charge is 0.207 e. The van der Waals surface area contributed by atoms with Crippen molar-refractivity contribution < 1.29 is 8.42 Å². The molecule has 1 aromatic carbocycles. The SMILES string of the molecule is Cc1ccc(S(=O)(=O)N(CCS)CCS)cc1. The maximum atomic E-state index is 12.3. The summed E-state index contributed by atoms with van der Waals surface area (Å²) >= 11 is 8.16. The van der Waals surface area contributed by atoms with Gasteiger partial charge in [-0.05, 0) is 19.1 Å². The Hall–Kier alpha value is -0.170. The van der Waals surface area contributed by atoms with Crippen molar-refractivity contribution in [2.45, 2.75) is 11.8 Å². The number of hydrogen-bond acceptors (Lipinski definition) is 4. The highest BCUT2D eigenvalue weighted by Crippen LogP contribution is 2.16. The lowest BCUT2D eigenvalue weighted by Gasteiger charge is -2.20. The van der Waals surface area contributed by atoms with Gasteiger partial charge in [0.1, 0.15) is 0 Å². The van der Waals surface area contributed by atoms with E-state index in [1.807, 2.05) is 6.92 Å². The van der Waals surface area contributed by atoms with Gasteiger partial charge in [0.05, 0.1) is 4.90 Å². The summed E-state index contributed by atoms with van der Waals surface area (Å²) in [5, 5.41) is 0. The number of sulfonamides is 1. The second kappa shape index (κ2) is 6.68. The molecule has 0 N–H and O–H groups in total. The molecule has 3 nitrogen and oxygen atoms in total. The molecule has 0 saturated carbocycles. The lowest BCUT2D eigenvalue weighted by molar-refractivity contribution is 0.450. The Kier molecular flexibility index (Phi) is 5.85. The standard InChI is InChI=1S/C11H17NO2S3/c1-10-2-4-11(5-3-10)17(13,14)12(6-8-15)7-9-16/h2-5,15-16H,6-9H2,1H3. The molecule has 0 aromatic heterocycles. The minimum atomic E-state index is -3.41. The van der Waals surface area contributed by atoms with Crippen LogP contribution in [0.2, 0.25) is 0 Å². The van der Waals surface area contributed by atoms with Crippen molar-refractivity contribution in [3.8, 4) is 0 Å². The molecule has 96 valence electrons. The van der Waals surface area contributed by atoms with Gasteiger partial charge in [-0.25, -0.2) is 8.42 Å². The average molecular weight is 291 g/mol. The highest BCUT2D eigenvalue weighted by molar-refractivity contribution is 7.89. The summed E-state index contributed by atoms with van der Waals surface area (Å²) in [5.41, 5.74) is 1.04. The minimum Gasteiger partial charge on any atom is -0.207 e. The maximum Gasteiger partial charge on any atom is 0.243 e. The third-order valence-corrected chi connectivity index (χ3v) is 4.67. The van der Waals surface area contributed by atoms with Crippen LogP contribution in [0.25, 0.3) is 0 Å². The molecule has 17 heavy (non-hydrogen) atoms. The zero-order valence-electron chi connectivity index (χ0n) is 9.70. The van der Waals surface area contributed by atoms with Gasteiger partial charge in [-0.2, -0.15) is 29.6 Å². The van der Waals surface area contributed by atoms with Gasteiger partial charge in [-0.1, -0.05) is 17.7 Å². The van der Waals surface area contributed by atoms with Gasteiger partial charge < -0.3 is 0 Å². The van der Waals surface area contributed by atoms with E-state index in [4.69, 9.17) is 0 Å². The van der Waals surface area contributed by atoms with Crippen molar-refractivity contribution in [2.75, 3.05) is 24.6 Å². The topological polar surface area (TPSA) is 37.4 Å². The maximum absolute atomic E-state index is 12.3. The van der Waals surface area contributed by atoms with E-state index < -0.39 is 10.0 Å². The van der Waals surface area contributed by atoms with Gasteiger partial charge in [0.15, 0.2) is 0 Å². The van der Waals surface area contributed by atoms with Crippen LogP contribution in [-0.2, 0) is 10.0 Å². The fourth-order valence-electron chi connectivity index (χ4n) is 1.43. The van der Waals surface area contributed by atoms with E-state index in [9.17, 15) is 8.42 Å². The largest absolute Gasteiger partial charge is 0.243 e. The zero-order valence-corrected chi connectivity index (χ0v) is 12.3. The van der Waals surface area contributed by atoms with E-state index in [0.29, 0.717) is 29.5 Å². The molecule has 0 unspecified atom stereocenters. The first kappa shape index (κ1) is 14.9. The Labute approximate surface area is 114 Å². The fourth-order valence-corrected chi connectivity index (χ4v) is 3.63. The number of hydrogen-bond donors (Lipinski definition) is 2. The summed E-state index contributed by atoms with van der Waals surface area (Å²) in [7, 11) is -3.41. The average Bonchev–Trinajstić information content (AvgIpc) is 2.29. The van der Waals surface area contributed by atoms with Gasteiger partial charge in [0, 0.05) is 24.6 Å². The van der Waals surface area contributed by atoms with Crippen molar-refractivity contribution in [1.29, 1.82) is 0 Å². The molecule has 0 bridgehead atoms. The second-order valence-corrected chi connectivity index (χ2v) is 6.50. The zero-order chi connectivity index (χ0) is 12.9. The summed E-state index contributed by atoms with van der Waals surface area (Å²) in [4.78, 5) is 0.326. The number of benzene rings is 1. The summed E-state index contributed by atoms with van der Waals surface area (Å²) < 4.78 is 26.0. The first-order valence-corrected chi connectivity index (χ1v) is 8.01. The molecule has 0 aliphatic rings. The lowest BCUT2D eigenvalue weighted by Crippen LogP contribution is -2.34. The molecule has 0 amide bonds. The summed E-state index contributed by atoms with van der Waals surface area (Å²) in [5.74, 6) is 0.998. The van der Waals surface area contributed by atoms with Crippen molar-refractivity contribution in [3.05, 3.63) is 29.8 Å². The van der Waals surface area contributed by atoms with Crippen LogP contribution in [0.4, 0.5) is 0 Å². The first-order chi connectivity index (χ1) is 8.02. The van der Waals surface area contributed by atoms with Gasteiger partial charge in [0.2, 0.25) is 10.0 Å². The lowest BCUT2D eigenvalue weighted by atomic mass is 10.2. The van der Waals surface area contributed by atoms with Crippen LogP contribution in [0.15, 0.2) is 29.2 Å². The van der Waals surface area contributed by atoms with Crippen LogP contribution in [0.5, 0.6) is 0 Å². The van der Waals surface area contributed by atoms with Crippen LogP contribution in [0, 0.1) is 6.92 Å². The fraction of sp³-hybridized carbons (Fsp3) is 0.455. The van der Waals surface area contributed by atoms with E-state index in [0.717, 1.165) is 5.56 Å². The normalized spacial score (nSPS) is 12.0. The molecule has 6 heteroatoms. The monoisotopic (exact) mass is 291 g/mol. The molecule has 0 heterocycles. The van der Waals surface area contributed by atoms with E-state index >= 15 is 0 Å². The van der Waals surface area contributed by atoms with Crippen LogP contribution < -0.4 is 0 Å². The van der Waals surface area contributed by atoms with Crippen molar-refractivity contribution in [1.82, 2.24) is 4.31 Å². The van der Waals surface area contributed by atoms with Gasteiger partial charge in [0.25, 0.3) is 0 Å². The highest BCUT2D eigenvalue weighted by atomic mass is 32.2. The van der Waals surface area contributed by atoms with E-state index in [1.165, 1.54) is 4.31 Å². The van der Waals surface area contributed by atoms with Crippen LogP contribution in [0.3, 0.4) is 0 Å². The molecule has 1 rings (SSSR count). The van der Waals surface area contributed by atoms with E-state index in [1.54, 1.807) is 24.3 Å². The Bertz CT molecular complexity index is 436. The Morgan fingerprint density at radius 3 is 1.94 bits per heavy atom. The Morgan fingerprint density at radius 2 is 1.53 bits per heavy atom. The number of aryl methyl sites for hydroxylation is 1. The molecule has 0 atom stereocenters. The van der Waals surface area contributed by atoms with Crippen LogP contribution >= 0.6 is 25.3 Å². The van der Waals surface area contributed by atoms with Gasteiger partial charge in [-0.3, -0.25) is 0 Å². The van der Waals surface area contributed by atoms with Crippen molar-refractivity contribution in [2.24, 2.45) is 0 Å². The minimum absolute atomic E-state index is 0.326. The third kappa shape index (κ3) is 3.91. The molecular weight excluding hydrogens is 274 g/mol. The number of thiol groups is 2. The molecule has 0 saturated heterocycles. The molecule has 1 aromatic rings. The number of nitrogens with zero attached hydrogens (tertiary/aromatic N) is 1. The summed E-state index contributed by atoms with van der Waals surface area (Å²) in [6.07, 6.45) is 0. The number of rotatable bonds is 6. The van der Waals surface area contributed by atoms with Crippen LogP contribution in [0.1, 0.15) is 5.56 Å². The molecule has 0 aliphatic heterocycles. The second-order valence-electron chi connectivity index (χ2n) is 3.66. The predicted octanol–water partition coefficient (Wildman–Crippen LogP) is 1.85. The molecule has 0 radical (unpaired) electrons. The third-order valence-electron chi connectivity index (χ3n) is 2.36. The van der Waals surface area contributed by atoms with Crippen LogP contribution in [-0.4, -0.2) is 37.3 Å². The first-order valence-electron chi connectivity index (χ1n) is 5.31. The van der Waals surface area contributed by atoms with Crippen molar-refractivity contribution >= 4 is 35.3 Å².